The van der Waals surface area contributed by atoms with Gasteiger partial charge in [-0.1, -0.05) is 13.8 Å². The van der Waals surface area contributed by atoms with Gasteiger partial charge in [0.15, 0.2) is 0 Å². The predicted molar refractivity (Wildman–Crippen MR) is 62.6 cm³/mol. The molecule has 1 fully saturated rings. The molecule has 14 heavy (non-hydrogen) atoms. The van der Waals surface area contributed by atoms with E-state index in [1.165, 1.54) is 45.4 Å². The molecule has 1 atom stereocenters. The molecular weight excluding hydrogens is 172 g/mol. The van der Waals surface area contributed by atoms with E-state index in [-0.39, 0.29) is 0 Å². The minimum Gasteiger partial charge on any atom is -0.307 e. The second kappa shape index (κ2) is 5.13. The zero-order chi connectivity index (χ0) is 10.6. The summed E-state index contributed by atoms with van der Waals surface area (Å²) in [4.78, 5) is 4.91. The molecule has 1 aliphatic rings. The first kappa shape index (κ1) is 12.0. The molecule has 1 saturated heterocycles. The summed E-state index contributed by atoms with van der Waals surface area (Å²) in [6, 6.07) is 0. The summed E-state index contributed by atoms with van der Waals surface area (Å²) in [5.41, 5.74) is 0.623. The van der Waals surface area contributed by atoms with E-state index in [0.29, 0.717) is 5.41 Å². The smallest absolute Gasteiger partial charge is 0.00358 e. The van der Waals surface area contributed by atoms with Crippen LogP contribution in [0.5, 0.6) is 0 Å². The van der Waals surface area contributed by atoms with E-state index in [1.807, 2.05) is 0 Å². The highest BCUT2D eigenvalue weighted by Gasteiger charge is 2.34. The lowest BCUT2D eigenvalue weighted by Gasteiger charge is -2.29. The van der Waals surface area contributed by atoms with Crippen molar-refractivity contribution in [1.82, 2.24) is 9.80 Å². The van der Waals surface area contributed by atoms with Crippen LogP contribution < -0.4 is 0 Å². The summed E-state index contributed by atoms with van der Waals surface area (Å²) < 4.78 is 0. The van der Waals surface area contributed by atoms with Gasteiger partial charge in [0.2, 0.25) is 0 Å². The second-order valence-corrected chi connectivity index (χ2v) is 4.99. The lowest BCUT2D eigenvalue weighted by atomic mass is 9.81. The average Bonchev–Trinajstić information content (AvgIpc) is 2.57. The number of hydrogen-bond acceptors (Lipinski definition) is 2. The molecule has 1 aliphatic heterocycles. The fourth-order valence-corrected chi connectivity index (χ4v) is 2.41. The summed E-state index contributed by atoms with van der Waals surface area (Å²) in [7, 11) is 4.48. The van der Waals surface area contributed by atoms with Crippen molar-refractivity contribution in [2.45, 2.75) is 33.1 Å². The van der Waals surface area contributed by atoms with E-state index in [2.05, 4.69) is 37.7 Å². The largest absolute Gasteiger partial charge is 0.307 e. The maximum atomic E-state index is 2.48. The zero-order valence-corrected chi connectivity index (χ0v) is 10.3. The van der Waals surface area contributed by atoms with Gasteiger partial charge in [-0.15, -0.1) is 0 Å². The summed E-state index contributed by atoms with van der Waals surface area (Å²) in [5, 5.41) is 0. The van der Waals surface area contributed by atoms with E-state index in [9.17, 15) is 0 Å². The molecule has 0 N–H and O–H groups in total. The van der Waals surface area contributed by atoms with Crippen LogP contribution in [0, 0.1) is 5.41 Å². The first-order valence-corrected chi connectivity index (χ1v) is 5.99. The van der Waals surface area contributed by atoms with Gasteiger partial charge in [-0.05, 0) is 58.4 Å². The zero-order valence-electron chi connectivity index (χ0n) is 10.3. The standard InChI is InChI=1S/C12H26N2/c1-5-12(7-9-13(3)6-2)8-10-14(4)11-12/h5-11H2,1-4H3. The Labute approximate surface area is 89.3 Å². The fourth-order valence-electron chi connectivity index (χ4n) is 2.41. The number of nitrogens with zero attached hydrogens (tertiary/aromatic N) is 2. The monoisotopic (exact) mass is 198 g/mol. The van der Waals surface area contributed by atoms with Crippen molar-refractivity contribution in [2.24, 2.45) is 5.41 Å². The highest BCUT2D eigenvalue weighted by atomic mass is 15.1. The van der Waals surface area contributed by atoms with Gasteiger partial charge in [0.1, 0.15) is 0 Å². The topological polar surface area (TPSA) is 6.48 Å². The lowest BCUT2D eigenvalue weighted by molar-refractivity contribution is 0.210. The van der Waals surface area contributed by atoms with E-state index in [0.717, 1.165) is 0 Å². The SMILES string of the molecule is CCN(C)CCC1(CC)CCN(C)C1. The van der Waals surface area contributed by atoms with Crippen LogP contribution in [0.3, 0.4) is 0 Å². The van der Waals surface area contributed by atoms with Gasteiger partial charge in [0.25, 0.3) is 0 Å². The number of hydrogen-bond donors (Lipinski definition) is 0. The van der Waals surface area contributed by atoms with Crippen molar-refractivity contribution < 1.29 is 0 Å². The average molecular weight is 198 g/mol. The molecule has 1 rings (SSSR count). The van der Waals surface area contributed by atoms with Crippen LogP contribution in [0.15, 0.2) is 0 Å². The third kappa shape index (κ3) is 2.96. The van der Waals surface area contributed by atoms with Crippen molar-refractivity contribution in [3.63, 3.8) is 0 Å². The van der Waals surface area contributed by atoms with Gasteiger partial charge in [0.05, 0.1) is 0 Å². The Kier molecular flexibility index (Phi) is 4.39. The molecule has 1 unspecified atom stereocenters. The third-order valence-corrected chi connectivity index (χ3v) is 3.94. The first-order valence-electron chi connectivity index (χ1n) is 5.99. The Morgan fingerprint density at radius 2 is 2.07 bits per heavy atom. The molecule has 0 saturated carbocycles. The molecule has 2 heteroatoms. The number of rotatable bonds is 5. The van der Waals surface area contributed by atoms with Crippen LogP contribution in [0.1, 0.15) is 33.1 Å². The van der Waals surface area contributed by atoms with Crippen molar-refractivity contribution in [2.75, 3.05) is 40.3 Å². The van der Waals surface area contributed by atoms with Gasteiger partial charge in [-0.3, -0.25) is 0 Å². The molecule has 0 spiro atoms. The van der Waals surface area contributed by atoms with Gasteiger partial charge in [0, 0.05) is 6.54 Å². The second-order valence-electron chi connectivity index (χ2n) is 4.99. The first-order chi connectivity index (χ1) is 6.62. The summed E-state index contributed by atoms with van der Waals surface area (Å²) in [6.07, 6.45) is 4.12. The minimum atomic E-state index is 0.623. The molecule has 0 aromatic rings. The fraction of sp³-hybridized carbons (Fsp3) is 1.00. The maximum absolute atomic E-state index is 2.48. The molecule has 1 heterocycles. The Morgan fingerprint density at radius 3 is 2.50 bits per heavy atom. The Hall–Kier alpha value is -0.0800. The van der Waals surface area contributed by atoms with E-state index >= 15 is 0 Å². The summed E-state index contributed by atoms with van der Waals surface area (Å²) >= 11 is 0. The highest BCUT2D eigenvalue weighted by Crippen LogP contribution is 2.36. The Bertz CT molecular complexity index is 170. The van der Waals surface area contributed by atoms with Crippen LogP contribution >= 0.6 is 0 Å². The molecule has 0 amide bonds. The normalized spacial score (nSPS) is 28.9. The van der Waals surface area contributed by atoms with E-state index < -0.39 is 0 Å². The van der Waals surface area contributed by atoms with Crippen molar-refractivity contribution in [3.8, 4) is 0 Å². The van der Waals surface area contributed by atoms with Crippen LogP contribution in [-0.2, 0) is 0 Å². The molecule has 0 aromatic carbocycles. The quantitative estimate of drug-likeness (QED) is 0.667. The van der Waals surface area contributed by atoms with Gasteiger partial charge >= 0.3 is 0 Å². The minimum absolute atomic E-state index is 0.623. The lowest BCUT2D eigenvalue weighted by Crippen LogP contribution is -2.30. The molecule has 2 nitrogen and oxygen atoms in total. The molecule has 0 radical (unpaired) electrons. The van der Waals surface area contributed by atoms with Crippen LogP contribution in [-0.4, -0.2) is 50.1 Å². The Morgan fingerprint density at radius 1 is 1.36 bits per heavy atom. The molecule has 0 aromatic heterocycles. The van der Waals surface area contributed by atoms with Crippen molar-refractivity contribution >= 4 is 0 Å². The van der Waals surface area contributed by atoms with Gasteiger partial charge in [-0.2, -0.15) is 0 Å². The van der Waals surface area contributed by atoms with Gasteiger partial charge < -0.3 is 9.80 Å². The van der Waals surface area contributed by atoms with Crippen LogP contribution in [0.4, 0.5) is 0 Å². The van der Waals surface area contributed by atoms with Gasteiger partial charge in [-0.25, -0.2) is 0 Å². The Balaban J connectivity index is 2.38. The predicted octanol–water partition coefficient (Wildman–Crippen LogP) is 2.06. The molecule has 84 valence electrons. The summed E-state index contributed by atoms with van der Waals surface area (Å²) in [6.45, 7) is 9.63. The maximum Gasteiger partial charge on any atom is 0.00358 e. The highest BCUT2D eigenvalue weighted by molar-refractivity contribution is 4.88. The summed E-state index contributed by atoms with van der Waals surface area (Å²) in [5.74, 6) is 0. The third-order valence-electron chi connectivity index (χ3n) is 3.94. The van der Waals surface area contributed by atoms with Crippen molar-refractivity contribution in [3.05, 3.63) is 0 Å². The number of likely N-dealkylation sites (tertiary alicyclic amines) is 1. The molecular formula is C12H26N2. The molecule has 0 aliphatic carbocycles. The van der Waals surface area contributed by atoms with Crippen molar-refractivity contribution in [1.29, 1.82) is 0 Å². The van der Waals surface area contributed by atoms with Crippen LogP contribution in [0.25, 0.3) is 0 Å². The molecule has 0 bridgehead atoms. The van der Waals surface area contributed by atoms with E-state index in [4.69, 9.17) is 0 Å². The van der Waals surface area contributed by atoms with E-state index in [1.54, 1.807) is 0 Å². The van der Waals surface area contributed by atoms with Crippen LogP contribution in [0.2, 0.25) is 0 Å².